The van der Waals surface area contributed by atoms with Crippen molar-refractivity contribution in [3.05, 3.63) is 0 Å². The molecule has 5 nitrogen and oxygen atoms in total. The minimum absolute atomic E-state index is 0.00113. The van der Waals surface area contributed by atoms with Gasteiger partial charge in [-0.25, -0.2) is 4.79 Å². The molecule has 1 heterocycles. The lowest BCUT2D eigenvalue weighted by Gasteiger charge is -2.36. The first-order valence-corrected chi connectivity index (χ1v) is 5.45. The number of carbonyl (C=O) groups excluding carboxylic acids is 2. The number of ether oxygens (including phenoxy) is 1. The van der Waals surface area contributed by atoms with Crippen LogP contribution in [-0.2, 0) is 14.3 Å². The van der Waals surface area contributed by atoms with E-state index in [0.29, 0.717) is 6.42 Å². The maximum Gasteiger partial charge on any atom is 0.344 e. The summed E-state index contributed by atoms with van der Waals surface area (Å²) in [4.78, 5) is 24.8. The Kier molecular flexibility index (Phi) is 3.57. The molecule has 0 aliphatic carbocycles. The summed E-state index contributed by atoms with van der Waals surface area (Å²) < 4.78 is 5.25. The van der Waals surface area contributed by atoms with Gasteiger partial charge in [-0.3, -0.25) is 10.1 Å². The van der Waals surface area contributed by atoms with E-state index in [1.165, 1.54) is 4.90 Å². The maximum atomic E-state index is 11.8. The summed E-state index contributed by atoms with van der Waals surface area (Å²) in [6.45, 7) is 7.29. The largest absolute Gasteiger partial charge is 0.457 e. The van der Waals surface area contributed by atoms with Crippen LogP contribution in [0.2, 0.25) is 0 Å². The van der Waals surface area contributed by atoms with Crippen LogP contribution in [0.5, 0.6) is 0 Å². The Morgan fingerprint density at radius 1 is 1.50 bits per heavy atom. The van der Waals surface area contributed by atoms with Gasteiger partial charge in [0.1, 0.15) is 5.60 Å². The van der Waals surface area contributed by atoms with E-state index >= 15 is 0 Å². The van der Waals surface area contributed by atoms with Crippen molar-refractivity contribution in [2.24, 2.45) is 0 Å². The molecular formula is C11H20N2O3. The summed E-state index contributed by atoms with van der Waals surface area (Å²) >= 11 is 0. The number of amides is 1. The van der Waals surface area contributed by atoms with Crippen molar-refractivity contribution in [2.75, 3.05) is 7.05 Å². The van der Waals surface area contributed by atoms with Crippen LogP contribution < -0.4 is 5.32 Å². The third-order valence-corrected chi connectivity index (χ3v) is 2.33. The van der Waals surface area contributed by atoms with Crippen LogP contribution >= 0.6 is 0 Å². The molecule has 0 aromatic rings. The first-order chi connectivity index (χ1) is 7.20. The molecule has 16 heavy (non-hydrogen) atoms. The van der Waals surface area contributed by atoms with Gasteiger partial charge in [0.25, 0.3) is 0 Å². The highest BCUT2D eigenvalue weighted by atomic mass is 16.6. The molecule has 2 atom stereocenters. The number of carbonyl (C=O) groups is 2. The third kappa shape index (κ3) is 3.20. The standard InChI is InChI=1S/C11H20N2O3/c1-7-6-8(14)13(5)9(12-7)10(15)16-11(2,3)4/h7,9,12H,6H2,1-5H3/t7?,9-/m0/s1. The highest BCUT2D eigenvalue weighted by molar-refractivity contribution is 5.85. The number of hydrogen-bond donors (Lipinski definition) is 1. The molecule has 5 heteroatoms. The molecule has 1 aliphatic heterocycles. The molecule has 0 radical (unpaired) electrons. The van der Waals surface area contributed by atoms with Crippen molar-refractivity contribution in [3.8, 4) is 0 Å². The number of likely N-dealkylation sites (N-methyl/N-ethyl adjacent to an activating group) is 1. The fourth-order valence-corrected chi connectivity index (χ4v) is 1.57. The van der Waals surface area contributed by atoms with E-state index in [4.69, 9.17) is 4.74 Å². The smallest absolute Gasteiger partial charge is 0.344 e. The molecule has 0 spiro atoms. The Bertz CT molecular complexity index is 296. The van der Waals surface area contributed by atoms with Gasteiger partial charge in [0.2, 0.25) is 5.91 Å². The van der Waals surface area contributed by atoms with Gasteiger partial charge in [0.15, 0.2) is 6.17 Å². The first kappa shape index (κ1) is 13.0. The van der Waals surface area contributed by atoms with Gasteiger partial charge >= 0.3 is 5.97 Å². The molecule has 1 fully saturated rings. The van der Waals surface area contributed by atoms with Crippen LogP contribution in [-0.4, -0.2) is 41.6 Å². The lowest BCUT2D eigenvalue weighted by Crippen LogP contribution is -2.60. The SMILES string of the molecule is CC1CC(=O)N(C)[C@@H](C(=O)OC(C)(C)C)N1. The summed E-state index contributed by atoms with van der Waals surface area (Å²) in [5, 5.41) is 3.05. The lowest BCUT2D eigenvalue weighted by molar-refractivity contribution is -0.168. The zero-order valence-corrected chi connectivity index (χ0v) is 10.5. The average molecular weight is 228 g/mol. The second-order valence-corrected chi connectivity index (χ2v) is 5.21. The van der Waals surface area contributed by atoms with Crippen LogP contribution in [0.3, 0.4) is 0 Å². The van der Waals surface area contributed by atoms with Crippen molar-refractivity contribution in [1.82, 2.24) is 10.2 Å². The molecule has 0 saturated carbocycles. The summed E-state index contributed by atoms with van der Waals surface area (Å²) in [7, 11) is 1.61. The van der Waals surface area contributed by atoms with Gasteiger partial charge in [-0.15, -0.1) is 0 Å². The number of nitrogens with one attached hydrogen (secondary N) is 1. The van der Waals surface area contributed by atoms with Crippen LogP contribution in [0.25, 0.3) is 0 Å². The molecule has 1 N–H and O–H groups in total. The van der Waals surface area contributed by atoms with Crippen molar-refractivity contribution in [2.45, 2.75) is 51.9 Å². The summed E-state index contributed by atoms with van der Waals surface area (Å²) in [6, 6.07) is 0.00113. The van der Waals surface area contributed by atoms with E-state index in [1.54, 1.807) is 27.8 Å². The molecule has 1 aliphatic rings. The number of nitrogens with zero attached hydrogens (tertiary/aromatic N) is 1. The summed E-state index contributed by atoms with van der Waals surface area (Å²) in [5.74, 6) is -0.447. The highest BCUT2D eigenvalue weighted by Gasteiger charge is 2.36. The normalized spacial score (nSPS) is 26.8. The minimum Gasteiger partial charge on any atom is -0.457 e. The van der Waals surface area contributed by atoms with Crippen LogP contribution in [0.4, 0.5) is 0 Å². The van der Waals surface area contributed by atoms with E-state index < -0.39 is 17.7 Å². The van der Waals surface area contributed by atoms with Crippen LogP contribution in [0.1, 0.15) is 34.1 Å². The fourth-order valence-electron chi connectivity index (χ4n) is 1.57. The Balaban J connectivity index is 2.71. The molecule has 1 saturated heterocycles. The number of esters is 1. The van der Waals surface area contributed by atoms with E-state index in [9.17, 15) is 9.59 Å². The van der Waals surface area contributed by atoms with Crippen LogP contribution in [0.15, 0.2) is 0 Å². The molecule has 1 amide bonds. The van der Waals surface area contributed by atoms with Crippen molar-refractivity contribution >= 4 is 11.9 Å². The highest BCUT2D eigenvalue weighted by Crippen LogP contribution is 2.14. The van der Waals surface area contributed by atoms with Gasteiger partial charge in [-0.1, -0.05) is 0 Å². The first-order valence-electron chi connectivity index (χ1n) is 5.45. The fraction of sp³-hybridized carbons (Fsp3) is 0.818. The predicted molar refractivity (Wildman–Crippen MR) is 59.6 cm³/mol. The van der Waals surface area contributed by atoms with Gasteiger partial charge in [0.05, 0.1) is 0 Å². The van der Waals surface area contributed by atoms with Crippen molar-refractivity contribution in [1.29, 1.82) is 0 Å². The second kappa shape index (κ2) is 4.41. The Hall–Kier alpha value is -1.10. The monoisotopic (exact) mass is 228 g/mol. The van der Waals surface area contributed by atoms with E-state index in [-0.39, 0.29) is 11.9 Å². The van der Waals surface area contributed by atoms with Gasteiger partial charge in [-0.05, 0) is 27.7 Å². The molecular weight excluding hydrogens is 208 g/mol. The van der Waals surface area contributed by atoms with Crippen molar-refractivity contribution < 1.29 is 14.3 Å². The summed E-state index contributed by atoms with van der Waals surface area (Å²) in [6.07, 6.45) is -0.258. The van der Waals surface area contributed by atoms with Gasteiger partial charge < -0.3 is 9.64 Å². The quantitative estimate of drug-likeness (QED) is 0.664. The van der Waals surface area contributed by atoms with Gasteiger partial charge in [0, 0.05) is 19.5 Å². The predicted octanol–water partition coefficient (Wildman–Crippen LogP) is 0.494. The number of rotatable bonds is 1. The van der Waals surface area contributed by atoms with Crippen LogP contribution in [0, 0.1) is 0 Å². The topological polar surface area (TPSA) is 58.6 Å². The van der Waals surface area contributed by atoms with E-state index in [1.807, 2.05) is 6.92 Å². The molecule has 0 aromatic heterocycles. The molecule has 0 bridgehead atoms. The zero-order valence-electron chi connectivity index (χ0n) is 10.5. The third-order valence-electron chi connectivity index (χ3n) is 2.33. The Morgan fingerprint density at radius 3 is 2.56 bits per heavy atom. The molecule has 1 rings (SSSR count). The lowest BCUT2D eigenvalue weighted by atomic mass is 10.1. The minimum atomic E-state index is -0.671. The molecule has 1 unspecified atom stereocenters. The second-order valence-electron chi connectivity index (χ2n) is 5.21. The number of hydrogen-bond acceptors (Lipinski definition) is 4. The average Bonchev–Trinajstić information content (AvgIpc) is 2.08. The van der Waals surface area contributed by atoms with E-state index in [2.05, 4.69) is 5.32 Å². The van der Waals surface area contributed by atoms with Crippen molar-refractivity contribution in [3.63, 3.8) is 0 Å². The molecule has 0 aromatic carbocycles. The molecule has 92 valence electrons. The summed E-state index contributed by atoms with van der Waals surface area (Å²) in [5.41, 5.74) is -0.538. The maximum absolute atomic E-state index is 11.8. The Labute approximate surface area is 96.1 Å². The van der Waals surface area contributed by atoms with E-state index in [0.717, 1.165) is 0 Å². The Morgan fingerprint density at radius 2 is 2.06 bits per heavy atom. The zero-order chi connectivity index (χ0) is 12.5. The van der Waals surface area contributed by atoms with Gasteiger partial charge in [-0.2, -0.15) is 0 Å².